The monoisotopic (exact) mass is 381 g/mol. The first-order valence-corrected chi connectivity index (χ1v) is 10.3. The molecule has 5 heteroatoms. The van der Waals surface area contributed by atoms with Gasteiger partial charge in [-0.15, -0.1) is 0 Å². The van der Waals surface area contributed by atoms with Crippen molar-refractivity contribution in [1.82, 2.24) is 9.91 Å². The van der Waals surface area contributed by atoms with E-state index in [2.05, 4.69) is 48.1 Å². The topological polar surface area (TPSA) is 47.0 Å². The highest BCUT2D eigenvalue weighted by Crippen LogP contribution is 2.34. The number of hydrogen-bond acceptors (Lipinski definition) is 4. The molecule has 0 radical (unpaired) electrons. The molecule has 28 heavy (non-hydrogen) atoms. The number of β-amino-alcohol motifs (C(OH)–C–C–N with tert-alkyl or cyclic N) is 1. The molecule has 1 heterocycles. The number of aliphatic hydroxyl groups is 1. The molecule has 1 aliphatic rings. The number of para-hydroxylation sites is 2. The summed E-state index contributed by atoms with van der Waals surface area (Å²) in [5, 5.41) is 13.9. The molecule has 0 bridgehead atoms. The first kappa shape index (κ1) is 20.4. The summed E-state index contributed by atoms with van der Waals surface area (Å²) in [4.78, 5) is 14.8. The van der Waals surface area contributed by atoms with Gasteiger partial charge in [-0.1, -0.05) is 56.7 Å². The van der Waals surface area contributed by atoms with Crippen LogP contribution in [-0.4, -0.2) is 53.2 Å². The van der Waals surface area contributed by atoms with E-state index in [-0.39, 0.29) is 24.5 Å². The van der Waals surface area contributed by atoms with Crippen molar-refractivity contribution in [3.63, 3.8) is 0 Å². The number of carbonyl (C=O) groups is 1. The summed E-state index contributed by atoms with van der Waals surface area (Å²) in [6, 6.07) is 20.7. The van der Waals surface area contributed by atoms with Gasteiger partial charge in [0.15, 0.2) is 0 Å². The van der Waals surface area contributed by atoms with Crippen LogP contribution in [0.15, 0.2) is 60.7 Å². The standard InChI is InChI=1S/C23H31N3O2/c1-3-11-21-22(18-24(16-17-27)23(21)28)25(4-2)26(19-12-7-5-8-13-19)20-14-9-6-10-15-20/h5-10,12-15,21-22,27H,3-4,11,16-18H2,1-2H3/t21-,22+/m0/s1. The number of hydrogen-bond donors (Lipinski definition) is 1. The predicted octanol–water partition coefficient (Wildman–Crippen LogP) is 3.68. The molecule has 0 aliphatic carbocycles. The van der Waals surface area contributed by atoms with E-state index in [1.165, 1.54) is 0 Å². The van der Waals surface area contributed by atoms with E-state index < -0.39 is 0 Å². The van der Waals surface area contributed by atoms with E-state index in [1.807, 2.05) is 41.3 Å². The number of rotatable bonds is 9. The van der Waals surface area contributed by atoms with Crippen LogP contribution in [0.25, 0.3) is 0 Å². The average Bonchev–Trinajstić information content (AvgIpc) is 3.03. The summed E-state index contributed by atoms with van der Waals surface area (Å²) >= 11 is 0. The summed E-state index contributed by atoms with van der Waals surface area (Å²) in [6.07, 6.45) is 1.83. The van der Waals surface area contributed by atoms with Crippen molar-refractivity contribution >= 4 is 17.3 Å². The largest absolute Gasteiger partial charge is 0.395 e. The van der Waals surface area contributed by atoms with Crippen molar-refractivity contribution in [3.05, 3.63) is 60.7 Å². The van der Waals surface area contributed by atoms with Gasteiger partial charge < -0.3 is 10.0 Å². The Labute approximate surface area is 168 Å². The van der Waals surface area contributed by atoms with Gasteiger partial charge in [-0.2, -0.15) is 0 Å². The lowest BCUT2D eigenvalue weighted by molar-refractivity contribution is -0.131. The SMILES string of the molecule is CCC[C@@H]1C(=O)N(CCO)C[C@H]1N(CC)N(c1ccccc1)c1ccccc1. The van der Waals surface area contributed by atoms with Crippen molar-refractivity contribution in [3.8, 4) is 0 Å². The van der Waals surface area contributed by atoms with E-state index in [0.29, 0.717) is 13.1 Å². The minimum atomic E-state index is -0.0496. The third-order valence-electron chi connectivity index (χ3n) is 5.44. The molecule has 3 rings (SSSR count). The maximum atomic E-state index is 13.0. The Bertz CT molecular complexity index is 699. The van der Waals surface area contributed by atoms with Crippen molar-refractivity contribution in [2.45, 2.75) is 32.7 Å². The molecule has 1 saturated heterocycles. The van der Waals surface area contributed by atoms with Crippen molar-refractivity contribution in [2.75, 3.05) is 31.3 Å². The normalized spacial score (nSPS) is 19.4. The van der Waals surface area contributed by atoms with Gasteiger partial charge >= 0.3 is 0 Å². The molecular weight excluding hydrogens is 350 g/mol. The number of likely N-dealkylation sites (N-methyl/N-ethyl adjacent to an activating group) is 1. The van der Waals surface area contributed by atoms with Gasteiger partial charge in [-0.05, 0) is 30.7 Å². The second-order valence-electron chi connectivity index (χ2n) is 7.21. The van der Waals surface area contributed by atoms with Gasteiger partial charge in [0.1, 0.15) is 0 Å². The molecule has 2 aromatic rings. The lowest BCUT2D eigenvalue weighted by Gasteiger charge is -2.41. The average molecular weight is 382 g/mol. The van der Waals surface area contributed by atoms with E-state index in [1.54, 1.807) is 0 Å². The van der Waals surface area contributed by atoms with E-state index >= 15 is 0 Å². The lowest BCUT2D eigenvalue weighted by Crippen LogP contribution is -2.50. The molecule has 1 aliphatic heterocycles. The van der Waals surface area contributed by atoms with Gasteiger partial charge in [0.25, 0.3) is 0 Å². The van der Waals surface area contributed by atoms with E-state index in [9.17, 15) is 9.90 Å². The van der Waals surface area contributed by atoms with Gasteiger partial charge in [0.2, 0.25) is 5.91 Å². The Morgan fingerprint density at radius 2 is 1.57 bits per heavy atom. The number of aliphatic hydroxyl groups excluding tert-OH is 1. The number of nitrogens with zero attached hydrogens (tertiary/aromatic N) is 3. The number of likely N-dealkylation sites (tertiary alicyclic amines) is 1. The molecule has 2 aromatic carbocycles. The summed E-state index contributed by atoms with van der Waals surface area (Å²) < 4.78 is 0. The van der Waals surface area contributed by atoms with Crippen LogP contribution in [0.2, 0.25) is 0 Å². The minimum absolute atomic E-state index is 0.00448. The molecule has 150 valence electrons. The summed E-state index contributed by atoms with van der Waals surface area (Å²) in [5.74, 6) is 0.117. The predicted molar refractivity (Wildman–Crippen MR) is 113 cm³/mol. The van der Waals surface area contributed by atoms with Crippen molar-refractivity contribution in [2.24, 2.45) is 5.92 Å². The first-order valence-electron chi connectivity index (χ1n) is 10.3. The number of amides is 1. The Kier molecular flexibility index (Phi) is 7.06. The molecule has 1 N–H and O–H groups in total. The highest BCUT2D eigenvalue weighted by atomic mass is 16.3. The second-order valence-corrected chi connectivity index (χ2v) is 7.21. The zero-order valence-electron chi connectivity index (χ0n) is 16.9. The van der Waals surface area contributed by atoms with Crippen LogP contribution < -0.4 is 5.01 Å². The highest BCUT2D eigenvalue weighted by Gasteiger charge is 2.43. The van der Waals surface area contributed by atoms with Gasteiger partial charge in [0, 0.05) is 19.6 Å². The van der Waals surface area contributed by atoms with Gasteiger partial charge in [-0.25, -0.2) is 5.01 Å². The second kappa shape index (κ2) is 9.71. The molecular formula is C23H31N3O2. The quantitative estimate of drug-likeness (QED) is 0.673. The summed E-state index contributed by atoms with van der Waals surface area (Å²) in [6.45, 7) is 6.11. The fourth-order valence-electron chi connectivity index (χ4n) is 4.20. The minimum Gasteiger partial charge on any atom is -0.395 e. The number of anilines is 2. The van der Waals surface area contributed by atoms with Crippen LogP contribution in [0.5, 0.6) is 0 Å². The number of hydrazine groups is 1. The van der Waals surface area contributed by atoms with Crippen LogP contribution >= 0.6 is 0 Å². The third kappa shape index (κ3) is 4.21. The third-order valence-corrected chi connectivity index (χ3v) is 5.44. The highest BCUT2D eigenvalue weighted by molar-refractivity contribution is 5.82. The Hall–Kier alpha value is -2.37. The zero-order valence-corrected chi connectivity index (χ0v) is 16.9. The maximum absolute atomic E-state index is 13.0. The van der Waals surface area contributed by atoms with Crippen molar-refractivity contribution in [1.29, 1.82) is 0 Å². The van der Waals surface area contributed by atoms with Gasteiger partial charge in [0.05, 0.1) is 29.9 Å². The summed E-state index contributed by atoms with van der Waals surface area (Å²) in [7, 11) is 0. The fraction of sp³-hybridized carbons (Fsp3) is 0.435. The van der Waals surface area contributed by atoms with E-state index in [4.69, 9.17) is 0 Å². The fourth-order valence-corrected chi connectivity index (χ4v) is 4.20. The van der Waals surface area contributed by atoms with Gasteiger partial charge in [-0.3, -0.25) is 9.80 Å². The molecule has 1 amide bonds. The molecule has 0 unspecified atom stereocenters. The lowest BCUT2D eigenvalue weighted by atomic mass is 9.97. The molecule has 0 aromatic heterocycles. The van der Waals surface area contributed by atoms with Crippen LogP contribution in [0.4, 0.5) is 11.4 Å². The Balaban J connectivity index is 2.00. The molecule has 5 nitrogen and oxygen atoms in total. The van der Waals surface area contributed by atoms with Crippen molar-refractivity contribution < 1.29 is 9.90 Å². The molecule has 1 fully saturated rings. The molecule has 0 saturated carbocycles. The maximum Gasteiger partial charge on any atom is 0.227 e. The Morgan fingerprint density at radius 1 is 1.00 bits per heavy atom. The molecule has 0 spiro atoms. The smallest absolute Gasteiger partial charge is 0.227 e. The molecule has 2 atom stereocenters. The number of carbonyl (C=O) groups excluding carboxylic acids is 1. The van der Waals surface area contributed by atoms with Crippen LogP contribution in [0.3, 0.4) is 0 Å². The summed E-state index contributed by atoms with van der Waals surface area (Å²) in [5.41, 5.74) is 2.16. The van der Waals surface area contributed by atoms with Crippen LogP contribution in [-0.2, 0) is 4.79 Å². The Morgan fingerprint density at radius 3 is 2.04 bits per heavy atom. The first-order chi connectivity index (χ1) is 13.7. The van der Waals surface area contributed by atoms with Crippen LogP contribution in [0, 0.1) is 5.92 Å². The van der Waals surface area contributed by atoms with E-state index in [0.717, 1.165) is 30.8 Å². The number of benzene rings is 2. The van der Waals surface area contributed by atoms with Crippen LogP contribution in [0.1, 0.15) is 26.7 Å². The zero-order chi connectivity index (χ0) is 19.9.